The quantitative estimate of drug-likeness (QED) is 0.452. The van der Waals surface area contributed by atoms with E-state index in [0.29, 0.717) is 6.42 Å². The van der Waals surface area contributed by atoms with E-state index in [1.54, 1.807) is 26.0 Å². The van der Waals surface area contributed by atoms with Gasteiger partial charge in [-0.25, -0.2) is 4.99 Å². The van der Waals surface area contributed by atoms with E-state index >= 15 is 0 Å². The highest BCUT2D eigenvalue weighted by atomic mass is 19.4. The Labute approximate surface area is 117 Å². The van der Waals surface area contributed by atoms with Crippen LogP contribution in [0.3, 0.4) is 0 Å². The molecule has 20 heavy (non-hydrogen) atoms. The lowest BCUT2D eigenvalue weighted by molar-refractivity contribution is -0.0808. The van der Waals surface area contributed by atoms with Gasteiger partial charge in [0.25, 0.3) is 5.90 Å². The molecule has 1 aromatic rings. The second-order valence-corrected chi connectivity index (χ2v) is 4.27. The van der Waals surface area contributed by atoms with Crippen molar-refractivity contribution in [2.75, 3.05) is 6.54 Å². The lowest BCUT2D eigenvalue weighted by Crippen LogP contribution is -2.29. The summed E-state index contributed by atoms with van der Waals surface area (Å²) in [6, 6.07) is 9.25. The van der Waals surface area contributed by atoms with Crippen LogP contribution in [-0.4, -0.2) is 24.7 Å². The van der Waals surface area contributed by atoms with Gasteiger partial charge in [0.05, 0.1) is 0 Å². The smallest absolute Gasteiger partial charge is 0.467 e. The molecule has 110 valence electrons. The molecule has 5 heteroatoms. The van der Waals surface area contributed by atoms with Crippen LogP contribution >= 0.6 is 0 Å². The lowest BCUT2D eigenvalue weighted by Gasteiger charge is -2.15. The molecule has 0 saturated heterocycles. The molecule has 0 N–H and O–H groups in total. The average Bonchev–Trinajstić information content (AvgIpc) is 2.38. The van der Waals surface area contributed by atoms with Crippen LogP contribution in [0.5, 0.6) is 0 Å². The second-order valence-electron chi connectivity index (χ2n) is 4.27. The van der Waals surface area contributed by atoms with Crippen LogP contribution < -0.4 is 0 Å². The third-order valence-electron chi connectivity index (χ3n) is 2.50. The van der Waals surface area contributed by atoms with Crippen LogP contribution in [0, 0.1) is 0 Å². The zero-order valence-electron chi connectivity index (χ0n) is 11.5. The molecule has 1 atom stereocenters. The van der Waals surface area contributed by atoms with Crippen molar-refractivity contribution in [3.8, 4) is 0 Å². The Balaban J connectivity index is 2.66. The van der Waals surface area contributed by atoms with Gasteiger partial charge in [-0.1, -0.05) is 36.4 Å². The molecular weight excluding hydrogens is 267 g/mol. The number of rotatable bonds is 5. The number of nitrogens with zero attached hydrogens (tertiary/aromatic N) is 1. The molecular formula is C15H18F3NO. The van der Waals surface area contributed by atoms with Crippen LogP contribution in [0.1, 0.15) is 19.4 Å². The summed E-state index contributed by atoms with van der Waals surface area (Å²) in [4.78, 5) is 3.55. The maximum Gasteiger partial charge on any atom is 0.468 e. The Bertz CT molecular complexity index is 452. The van der Waals surface area contributed by atoms with E-state index in [2.05, 4.69) is 4.99 Å². The first-order valence-electron chi connectivity index (χ1n) is 6.38. The van der Waals surface area contributed by atoms with Crippen molar-refractivity contribution >= 4 is 5.90 Å². The number of hydrogen-bond acceptors (Lipinski definition) is 2. The van der Waals surface area contributed by atoms with Gasteiger partial charge in [-0.15, -0.1) is 0 Å². The van der Waals surface area contributed by atoms with Gasteiger partial charge in [0.2, 0.25) is 0 Å². The molecule has 1 aromatic carbocycles. The SMILES string of the molecule is C/C=C/[C@H](C)OC(=NCCc1ccccc1)C(F)(F)F. The summed E-state index contributed by atoms with van der Waals surface area (Å²) in [7, 11) is 0. The molecule has 0 radical (unpaired) electrons. The normalized spacial score (nSPS) is 14.6. The maximum absolute atomic E-state index is 12.8. The van der Waals surface area contributed by atoms with E-state index in [0.717, 1.165) is 5.56 Å². The largest absolute Gasteiger partial charge is 0.468 e. The number of allylic oxidation sites excluding steroid dienone is 1. The molecule has 0 unspecified atom stereocenters. The minimum absolute atomic E-state index is 0.0431. The predicted octanol–water partition coefficient (Wildman–Crippen LogP) is 4.17. The summed E-state index contributed by atoms with van der Waals surface area (Å²) in [5, 5.41) is 0. The van der Waals surface area contributed by atoms with E-state index in [1.165, 1.54) is 0 Å². The summed E-state index contributed by atoms with van der Waals surface area (Å²) >= 11 is 0. The van der Waals surface area contributed by atoms with Gasteiger partial charge >= 0.3 is 6.18 Å². The fourth-order valence-electron chi connectivity index (χ4n) is 1.61. The zero-order valence-corrected chi connectivity index (χ0v) is 11.5. The van der Waals surface area contributed by atoms with E-state index in [4.69, 9.17) is 4.74 Å². The van der Waals surface area contributed by atoms with E-state index in [1.807, 2.05) is 30.3 Å². The fraction of sp³-hybridized carbons (Fsp3) is 0.400. The molecule has 0 amide bonds. The zero-order chi connectivity index (χ0) is 15.0. The van der Waals surface area contributed by atoms with Crippen molar-refractivity contribution in [2.45, 2.75) is 32.5 Å². The topological polar surface area (TPSA) is 21.6 Å². The number of hydrogen-bond donors (Lipinski definition) is 0. The third-order valence-corrected chi connectivity index (χ3v) is 2.50. The van der Waals surface area contributed by atoms with Crippen molar-refractivity contribution in [1.29, 1.82) is 0 Å². The number of halogens is 3. The number of aliphatic imine (C=N–C) groups is 1. The maximum atomic E-state index is 12.8. The van der Waals surface area contributed by atoms with Crippen molar-refractivity contribution in [3.05, 3.63) is 48.0 Å². The molecule has 0 bridgehead atoms. The molecule has 0 saturated carbocycles. The molecule has 0 spiro atoms. The van der Waals surface area contributed by atoms with E-state index in [-0.39, 0.29) is 6.54 Å². The summed E-state index contributed by atoms with van der Waals surface area (Å²) < 4.78 is 43.1. The lowest BCUT2D eigenvalue weighted by atomic mass is 10.2. The Kier molecular flexibility index (Phi) is 6.28. The van der Waals surface area contributed by atoms with Crippen molar-refractivity contribution in [1.82, 2.24) is 0 Å². The molecule has 0 aliphatic heterocycles. The predicted molar refractivity (Wildman–Crippen MR) is 73.9 cm³/mol. The summed E-state index contributed by atoms with van der Waals surface area (Å²) in [5.41, 5.74) is 0.944. The van der Waals surface area contributed by atoms with Gasteiger partial charge in [-0.3, -0.25) is 0 Å². The van der Waals surface area contributed by atoms with Gasteiger partial charge < -0.3 is 4.74 Å². The first-order valence-corrected chi connectivity index (χ1v) is 6.38. The molecule has 0 aromatic heterocycles. The molecule has 0 fully saturated rings. The third kappa shape index (κ3) is 5.91. The van der Waals surface area contributed by atoms with Crippen LogP contribution in [0.25, 0.3) is 0 Å². The van der Waals surface area contributed by atoms with Crippen molar-refractivity contribution < 1.29 is 17.9 Å². The molecule has 0 heterocycles. The summed E-state index contributed by atoms with van der Waals surface area (Å²) in [6.07, 6.45) is -1.59. The number of alkyl halides is 3. The van der Waals surface area contributed by atoms with Gasteiger partial charge in [0, 0.05) is 6.54 Å². The minimum atomic E-state index is -4.56. The van der Waals surface area contributed by atoms with E-state index < -0.39 is 18.2 Å². The monoisotopic (exact) mass is 285 g/mol. The minimum Gasteiger partial charge on any atom is -0.467 e. The molecule has 1 rings (SSSR count). The first-order chi connectivity index (χ1) is 9.43. The van der Waals surface area contributed by atoms with Crippen LogP contribution in [0.2, 0.25) is 0 Å². The Morgan fingerprint density at radius 1 is 1.30 bits per heavy atom. The van der Waals surface area contributed by atoms with Gasteiger partial charge in [-0.05, 0) is 31.9 Å². The van der Waals surface area contributed by atoms with Gasteiger partial charge in [0.15, 0.2) is 0 Å². The van der Waals surface area contributed by atoms with Crippen LogP contribution in [0.4, 0.5) is 13.2 Å². The van der Waals surface area contributed by atoms with E-state index in [9.17, 15) is 13.2 Å². The molecule has 2 nitrogen and oxygen atoms in total. The Morgan fingerprint density at radius 2 is 1.95 bits per heavy atom. The van der Waals surface area contributed by atoms with Gasteiger partial charge in [-0.2, -0.15) is 13.2 Å². The van der Waals surface area contributed by atoms with Crippen molar-refractivity contribution in [3.63, 3.8) is 0 Å². The average molecular weight is 285 g/mol. The highest BCUT2D eigenvalue weighted by Gasteiger charge is 2.38. The second kappa shape index (κ2) is 7.72. The number of benzene rings is 1. The van der Waals surface area contributed by atoms with Crippen LogP contribution in [-0.2, 0) is 11.2 Å². The standard InChI is InChI=1S/C15H18F3NO/c1-3-7-12(2)20-14(15(16,17)18)19-11-10-13-8-5-4-6-9-13/h3-9,12H,10-11H2,1-2H3/b7-3+,19-14?/t12-/m0/s1. The van der Waals surface area contributed by atoms with Crippen LogP contribution in [0.15, 0.2) is 47.5 Å². The number of ether oxygens (including phenoxy) is 1. The summed E-state index contributed by atoms with van der Waals surface area (Å²) in [6.45, 7) is 3.31. The Hall–Kier alpha value is -1.78. The van der Waals surface area contributed by atoms with Crippen molar-refractivity contribution in [2.24, 2.45) is 4.99 Å². The first kappa shape index (κ1) is 16.3. The highest BCUT2D eigenvalue weighted by molar-refractivity contribution is 5.82. The highest BCUT2D eigenvalue weighted by Crippen LogP contribution is 2.19. The van der Waals surface area contributed by atoms with Gasteiger partial charge in [0.1, 0.15) is 6.10 Å². The molecule has 0 aliphatic carbocycles. The Morgan fingerprint density at radius 3 is 2.50 bits per heavy atom. The fourth-order valence-corrected chi connectivity index (χ4v) is 1.61. The molecule has 0 aliphatic rings. The summed E-state index contributed by atoms with van der Waals surface area (Å²) in [5.74, 6) is -1.17.